The summed E-state index contributed by atoms with van der Waals surface area (Å²) < 4.78 is 0. The summed E-state index contributed by atoms with van der Waals surface area (Å²) in [6.07, 6.45) is 9.44. The number of hydrogen-bond donors (Lipinski definition) is 2. The minimum Gasteiger partial charge on any atom is -0.393 e. The van der Waals surface area contributed by atoms with E-state index < -0.39 is 0 Å². The van der Waals surface area contributed by atoms with Crippen LogP contribution in [0.2, 0.25) is 0 Å². The van der Waals surface area contributed by atoms with Crippen molar-refractivity contribution in [3.05, 3.63) is 17.1 Å². The second kappa shape index (κ2) is 9.42. The molecular formula is C20H33N5O. The van der Waals surface area contributed by atoms with Crippen LogP contribution >= 0.6 is 0 Å². The number of aliphatic imine (C=N–C) groups is 1. The van der Waals surface area contributed by atoms with Crippen LogP contribution in [0.5, 0.6) is 0 Å². The van der Waals surface area contributed by atoms with Crippen LogP contribution in [0, 0.1) is 0 Å². The van der Waals surface area contributed by atoms with Crippen LogP contribution in [0.1, 0.15) is 75.4 Å². The standard InChI is InChI=1S/C20H33N5O/c1-2-3-8-18-23-19-16(20(21)24-18)14-22-17(19)7-5-4-6-11-25-12-9-15(26)10-13-25/h15,26H,2-14H2,1H3,(H2,21,23,24). The quantitative estimate of drug-likeness (QED) is 0.662. The summed E-state index contributed by atoms with van der Waals surface area (Å²) in [5, 5.41) is 9.57. The van der Waals surface area contributed by atoms with E-state index >= 15 is 0 Å². The van der Waals surface area contributed by atoms with Crippen LogP contribution in [0.15, 0.2) is 4.99 Å². The highest BCUT2D eigenvalue weighted by Gasteiger charge is 2.22. The van der Waals surface area contributed by atoms with Gasteiger partial charge in [-0.15, -0.1) is 0 Å². The summed E-state index contributed by atoms with van der Waals surface area (Å²) >= 11 is 0. The van der Waals surface area contributed by atoms with Crippen molar-refractivity contribution in [3.8, 4) is 0 Å². The van der Waals surface area contributed by atoms with Crippen LogP contribution in [0.25, 0.3) is 0 Å². The molecule has 6 heteroatoms. The van der Waals surface area contributed by atoms with E-state index in [2.05, 4.69) is 21.8 Å². The van der Waals surface area contributed by atoms with Gasteiger partial charge in [-0.25, -0.2) is 9.97 Å². The van der Waals surface area contributed by atoms with Gasteiger partial charge >= 0.3 is 0 Å². The summed E-state index contributed by atoms with van der Waals surface area (Å²) in [4.78, 5) is 16.4. The van der Waals surface area contributed by atoms with Crippen LogP contribution in [0.4, 0.5) is 5.82 Å². The molecule has 0 aliphatic carbocycles. The fourth-order valence-electron chi connectivity index (χ4n) is 3.79. The normalized spacial score (nSPS) is 18.2. The molecule has 0 amide bonds. The number of aliphatic hydroxyl groups is 1. The Balaban J connectivity index is 1.43. The number of likely N-dealkylation sites (tertiary alicyclic amines) is 1. The number of nitrogen functional groups attached to an aromatic ring is 1. The van der Waals surface area contributed by atoms with E-state index in [-0.39, 0.29) is 6.10 Å². The average Bonchev–Trinajstić information content (AvgIpc) is 3.05. The molecule has 144 valence electrons. The minimum absolute atomic E-state index is 0.0802. The second-order valence-electron chi connectivity index (χ2n) is 7.60. The third-order valence-corrected chi connectivity index (χ3v) is 5.49. The maximum Gasteiger partial charge on any atom is 0.132 e. The molecule has 6 nitrogen and oxygen atoms in total. The zero-order valence-electron chi connectivity index (χ0n) is 16.1. The lowest BCUT2D eigenvalue weighted by atomic mass is 10.1. The summed E-state index contributed by atoms with van der Waals surface area (Å²) in [6, 6.07) is 0. The number of aryl methyl sites for hydroxylation is 1. The molecule has 1 aromatic heterocycles. The smallest absolute Gasteiger partial charge is 0.132 e. The molecule has 0 aromatic carbocycles. The van der Waals surface area contributed by atoms with E-state index in [9.17, 15) is 5.11 Å². The second-order valence-corrected chi connectivity index (χ2v) is 7.60. The van der Waals surface area contributed by atoms with Gasteiger partial charge in [-0.2, -0.15) is 0 Å². The van der Waals surface area contributed by atoms with Gasteiger partial charge in [0.1, 0.15) is 11.6 Å². The third-order valence-electron chi connectivity index (χ3n) is 5.49. The summed E-state index contributed by atoms with van der Waals surface area (Å²) in [5.41, 5.74) is 9.27. The minimum atomic E-state index is -0.0802. The lowest BCUT2D eigenvalue weighted by molar-refractivity contribution is 0.0818. The molecule has 0 unspecified atom stereocenters. The zero-order chi connectivity index (χ0) is 18.4. The Morgan fingerprint density at radius 3 is 2.65 bits per heavy atom. The van der Waals surface area contributed by atoms with Crippen LogP contribution < -0.4 is 5.73 Å². The maximum absolute atomic E-state index is 9.57. The van der Waals surface area contributed by atoms with Crippen molar-refractivity contribution < 1.29 is 5.11 Å². The Morgan fingerprint density at radius 2 is 1.88 bits per heavy atom. The highest BCUT2D eigenvalue weighted by atomic mass is 16.3. The summed E-state index contributed by atoms with van der Waals surface area (Å²) in [5.74, 6) is 1.48. The van der Waals surface area contributed by atoms with Crippen molar-refractivity contribution in [2.75, 3.05) is 25.4 Å². The van der Waals surface area contributed by atoms with Crippen molar-refractivity contribution in [2.24, 2.45) is 4.99 Å². The van der Waals surface area contributed by atoms with Crippen molar-refractivity contribution in [2.45, 2.75) is 77.4 Å². The van der Waals surface area contributed by atoms with Crippen molar-refractivity contribution in [1.29, 1.82) is 0 Å². The Bertz CT molecular complexity index is 623. The number of nitrogens with two attached hydrogens (primary N) is 1. The molecule has 1 aromatic rings. The van der Waals surface area contributed by atoms with Gasteiger partial charge in [0, 0.05) is 25.1 Å². The van der Waals surface area contributed by atoms with Gasteiger partial charge in [0.2, 0.25) is 0 Å². The van der Waals surface area contributed by atoms with E-state index in [0.717, 1.165) is 87.4 Å². The molecule has 0 radical (unpaired) electrons. The van der Waals surface area contributed by atoms with E-state index in [0.29, 0.717) is 12.4 Å². The van der Waals surface area contributed by atoms with Gasteiger partial charge in [0.05, 0.1) is 24.1 Å². The van der Waals surface area contributed by atoms with Gasteiger partial charge in [0.25, 0.3) is 0 Å². The molecule has 26 heavy (non-hydrogen) atoms. The van der Waals surface area contributed by atoms with Crippen LogP contribution in [0.3, 0.4) is 0 Å². The molecule has 0 spiro atoms. The van der Waals surface area contributed by atoms with E-state index in [1.807, 2.05) is 0 Å². The topological polar surface area (TPSA) is 87.6 Å². The predicted octanol–water partition coefficient (Wildman–Crippen LogP) is 2.72. The SMILES string of the molecule is CCCCc1nc(N)c2c(n1)C(CCCCCN1CCC(O)CC1)=NC2. The molecule has 0 saturated carbocycles. The van der Waals surface area contributed by atoms with Crippen molar-refractivity contribution in [3.63, 3.8) is 0 Å². The largest absolute Gasteiger partial charge is 0.393 e. The zero-order valence-corrected chi connectivity index (χ0v) is 16.1. The molecule has 0 atom stereocenters. The number of rotatable bonds is 9. The number of aromatic nitrogens is 2. The fraction of sp³-hybridized carbons (Fsp3) is 0.750. The number of nitrogens with zero attached hydrogens (tertiary/aromatic N) is 4. The first-order valence-electron chi connectivity index (χ1n) is 10.3. The number of piperidine rings is 1. The predicted molar refractivity (Wildman–Crippen MR) is 105 cm³/mol. The first-order valence-corrected chi connectivity index (χ1v) is 10.3. The van der Waals surface area contributed by atoms with Crippen molar-refractivity contribution in [1.82, 2.24) is 14.9 Å². The Labute approximate surface area is 156 Å². The molecule has 0 bridgehead atoms. The number of hydrogen-bond acceptors (Lipinski definition) is 6. The number of anilines is 1. The molecule has 3 heterocycles. The molecular weight excluding hydrogens is 326 g/mol. The molecule has 3 rings (SSSR count). The van der Waals surface area contributed by atoms with Gasteiger partial charge in [0.15, 0.2) is 0 Å². The highest BCUT2D eigenvalue weighted by Crippen LogP contribution is 2.25. The van der Waals surface area contributed by atoms with Gasteiger partial charge in [-0.1, -0.05) is 19.8 Å². The molecule has 2 aliphatic heterocycles. The van der Waals surface area contributed by atoms with E-state index in [1.165, 1.54) is 12.8 Å². The summed E-state index contributed by atoms with van der Waals surface area (Å²) in [7, 11) is 0. The highest BCUT2D eigenvalue weighted by molar-refractivity contribution is 6.02. The van der Waals surface area contributed by atoms with Crippen LogP contribution in [-0.4, -0.2) is 51.4 Å². The molecule has 1 fully saturated rings. The fourth-order valence-corrected chi connectivity index (χ4v) is 3.79. The summed E-state index contributed by atoms with van der Waals surface area (Å²) in [6.45, 7) is 6.04. The Morgan fingerprint density at radius 1 is 1.08 bits per heavy atom. The van der Waals surface area contributed by atoms with E-state index in [4.69, 9.17) is 10.7 Å². The molecule has 1 saturated heterocycles. The first kappa shape index (κ1) is 19.2. The number of unbranched alkanes of at least 4 members (excludes halogenated alkanes) is 3. The lowest BCUT2D eigenvalue weighted by Gasteiger charge is -2.29. The Hall–Kier alpha value is -1.53. The molecule has 2 aliphatic rings. The van der Waals surface area contributed by atoms with Crippen LogP contribution in [-0.2, 0) is 13.0 Å². The molecule has 3 N–H and O–H groups in total. The van der Waals surface area contributed by atoms with Gasteiger partial charge < -0.3 is 15.7 Å². The lowest BCUT2D eigenvalue weighted by Crippen LogP contribution is -2.36. The Kier molecular flexibility index (Phi) is 6.97. The number of aliphatic hydroxyl groups excluding tert-OH is 1. The average molecular weight is 360 g/mol. The third kappa shape index (κ3) is 5.01. The van der Waals surface area contributed by atoms with Gasteiger partial charge in [-0.05, 0) is 45.1 Å². The maximum atomic E-state index is 9.57. The van der Waals surface area contributed by atoms with Crippen molar-refractivity contribution >= 4 is 11.5 Å². The van der Waals surface area contributed by atoms with E-state index in [1.54, 1.807) is 0 Å². The first-order chi connectivity index (χ1) is 12.7. The monoisotopic (exact) mass is 359 g/mol. The number of fused-ring (bicyclic) bond motifs is 1. The van der Waals surface area contributed by atoms with Gasteiger partial charge in [-0.3, -0.25) is 4.99 Å².